The van der Waals surface area contributed by atoms with Crippen molar-refractivity contribution in [2.75, 3.05) is 6.54 Å². The standard InChI is InChI=1S/C13H20BrN/c1-4-13(15-5-2)10(3)11-8-6-7-9-12(11)14/h6-10,13,15H,4-5H2,1-3H3. The summed E-state index contributed by atoms with van der Waals surface area (Å²) in [4.78, 5) is 0. The van der Waals surface area contributed by atoms with E-state index < -0.39 is 0 Å². The van der Waals surface area contributed by atoms with Crippen LogP contribution in [-0.4, -0.2) is 12.6 Å². The molecular weight excluding hydrogens is 250 g/mol. The Kier molecular flexibility index (Phi) is 5.34. The van der Waals surface area contributed by atoms with E-state index in [4.69, 9.17) is 0 Å². The highest BCUT2D eigenvalue weighted by atomic mass is 79.9. The molecule has 0 bridgehead atoms. The summed E-state index contributed by atoms with van der Waals surface area (Å²) >= 11 is 3.62. The van der Waals surface area contributed by atoms with Crippen LogP contribution in [0.5, 0.6) is 0 Å². The van der Waals surface area contributed by atoms with Crippen LogP contribution in [-0.2, 0) is 0 Å². The van der Waals surface area contributed by atoms with Gasteiger partial charge < -0.3 is 5.32 Å². The number of benzene rings is 1. The molecule has 2 unspecified atom stereocenters. The minimum absolute atomic E-state index is 0.547. The van der Waals surface area contributed by atoms with Gasteiger partial charge in [0.15, 0.2) is 0 Å². The molecule has 0 aliphatic carbocycles. The fraction of sp³-hybridized carbons (Fsp3) is 0.538. The van der Waals surface area contributed by atoms with Crippen molar-refractivity contribution in [3.8, 4) is 0 Å². The molecule has 84 valence electrons. The molecule has 15 heavy (non-hydrogen) atoms. The van der Waals surface area contributed by atoms with Crippen molar-refractivity contribution in [1.29, 1.82) is 0 Å². The predicted octanol–water partition coefficient (Wildman–Crippen LogP) is 3.94. The summed E-state index contributed by atoms with van der Waals surface area (Å²) in [7, 11) is 0. The molecule has 0 aliphatic heterocycles. The fourth-order valence-corrected chi connectivity index (χ4v) is 2.64. The van der Waals surface area contributed by atoms with Crippen LogP contribution < -0.4 is 5.32 Å². The lowest BCUT2D eigenvalue weighted by Gasteiger charge is -2.24. The maximum Gasteiger partial charge on any atom is 0.0210 e. The van der Waals surface area contributed by atoms with Gasteiger partial charge in [0, 0.05) is 10.5 Å². The molecule has 0 spiro atoms. The van der Waals surface area contributed by atoms with Gasteiger partial charge in [0.25, 0.3) is 0 Å². The predicted molar refractivity (Wildman–Crippen MR) is 70.3 cm³/mol. The maximum absolute atomic E-state index is 3.62. The Labute approximate surface area is 101 Å². The second-order valence-corrected chi connectivity index (χ2v) is 4.74. The van der Waals surface area contributed by atoms with Crippen molar-refractivity contribution in [1.82, 2.24) is 5.32 Å². The molecule has 1 nitrogen and oxygen atoms in total. The zero-order valence-corrected chi connectivity index (χ0v) is 11.3. The Morgan fingerprint density at radius 2 is 1.93 bits per heavy atom. The van der Waals surface area contributed by atoms with Gasteiger partial charge in [-0.3, -0.25) is 0 Å². The summed E-state index contributed by atoms with van der Waals surface area (Å²) in [5, 5.41) is 3.54. The van der Waals surface area contributed by atoms with Gasteiger partial charge in [-0.15, -0.1) is 0 Å². The molecule has 0 heterocycles. The minimum Gasteiger partial charge on any atom is -0.314 e. The lowest BCUT2D eigenvalue weighted by molar-refractivity contribution is 0.448. The number of likely N-dealkylation sites (N-methyl/N-ethyl adjacent to an activating group) is 1. The van der Waals surface area contributed by atoms with Crippen LogP contribution in [0, 0.1) is 0 Å². The monoisotopic (exact) mass is 269 g/mol. The van der Waals surface area contributed by atoms with Crippen molar-refractivity contribution in [2.24, 2.45) is 0 Å². The van der Waals surface area contributed by atoms with Crippen molar-refractivity contribution in [3.05, 3.63) is 34.3 Å². The second kappa shape index (κ2) is 6.29. The largest absolute Gasteiger partial charge is 0.314 e. The summed E-state index contributed by atoms with van der Waals surface area (Å²) in [6.07, 6.45) is 1.16. The van der Waals surface area contributed by atoms with Crippen LogP contribution in [0.2, 0.25) is 0 Å². The number of hydrogen-bond acceptors (Lipinski definition) is 1. The Morgan fingerprint density at radius 3 is 2.47 bits per heavy atom. The zero-order chi connectivity index (χ0) is 11.3. The zero-order valence-electron chi connectivity index (χ0n) is 9.76. The van der Waals surface area contributed by atoms with E-state index in [9.17, 15) is 0 Å². The van der Waals surface area contributed by atoms with E-state index in [0.717, 1.165) is 13.0 Å². The molecule has 1 rings (SSSR count). The number of rotatable bonds is 5. The molecule has 0 fully saturated rings. The highest BCUT2D eigenvalue weighted by molar-refractivity contribution is 9.10. The maximum atomic E-state index is 3.62. The lowest BCUT2D eigenvalue weighted by Crippen LogP contribution is -2.33. The first-order valence-electron chi connectivity index (χ1n) is 5.68. The third kappa shape index (κ3) is 3.32. The van der Waals surface area contributed by atoms with Gasteiger partial charge in [0.05, 0.1) is 0 Å². The van der Waals surface area contributed by atoms with Crippen molar-refractivity contribution in [3.63, 3.8) is 0 Å². The van der Waals surface area contributed by atoms with Crippen molar-refractivity contribution < 1.29 is 0 Å². The molecule has 1 aromatic carbocycles. The molecule has 0 amide bonds. The topological polar surface area (TPSA) is 12.0 Å². The second-order valence-electron chi connectivity index (χ2n) is 3.88. The third-order valence-corrected chi connectivity index (χ3v) is 3.63. The van der Waals surface area contributed by atoms with Gasteiger partial charge in [0.2, 0.25) is 0 Å². The number of nitrogens with one attached hydrogen (secondary N) is 1. The highest BCUT2D eigenvalue weighted by Crippen LogP contribution is 2.27. The van der Waals surface area contributed by atoms with Gasteiger partial charge in [-0.2, -0.15) is 0 Å². The van der Waals surface area contributed by atoms with E-state index in [2.05, 4.69) is 66.3 Å². The van der Waals surface area contributed by atoms with Crippen molar-refractivity contribution >= 4 is 15.9 Å². The van der Waals surface area contributed by atoms with Crippen LogP contribution in [0.3, 0.4) is 0 Å². The normalized spacial score (nSPS) is 14.9. The van der Waals surface area contributed by atoms with E-state index in [-0.39, 0.29) is 0 Å². The van der Waals surface area contributed by atoms with Crippen LogP contribution in [0.1, 0.15) is 38.7 Å². The van der Waals surface area contributed by atoms with Crippen LogP contribution in [0.15, 0.2) is 28.7 Å². The van der Waals surface area contributed by atoms with E-state index in [1.807, 2.05) is 0 Å². The van der Waals surface area contributed by atoms with Gasteiger partial charge in [-0.1, -0.05) is 54.9 Å². The summed E-state index contributed by atoms with van der Waals surface area (Å²) in [5.41, 5.74) is 1.39. The Morgan fingerprint density at radius 1 is 1.27 bits per heavy atom. The Balaban J connectivity index is 2.82. The first kappa shape index (κ1) is 12.7. The Hall–Kier alpha value is -0.340. The fourth-order valence-electron chi connectivity index (χ4n) is 2.00. The first-order valence-corrected chi connectivity index (χ1v) is 6.47. The molecular formula is C13H20BrN. The van der Waals surface area contributed by atoms with E-state index in [0.29, 0.717) is 12.0 Å². The third-order valence-electron chi connectivity index (χ3n) is 2.91. The molecule has 2 atom stereocenters. The van der Waals surface area contributed by atoms with Crippen LogP contribution in [0.25, 0.3) is 0 Å². The molecule has 1 aromatic rings. The van der Waals surface area contributed by atoms with Gasteiger partial charge in [-0.25, -0.2) is 0 Å². The van der Waals surface area contributed by atoms with Crippen LogP contribution >= 0.6 is 15.9 Å². The first-order chi connectivity index (χ1) is 7.20. The Bertz CT molecular complexity index is 298. The van der Waals surface area contributed by atoms with Crippen LogP contribution in [0.4, 0.5) is 0 Å². The summed E-state index contributed by atoms with van der Waals surface area (Å²) < 4.78 is 1.22. The average molecular weight is 270 g/mol. The minimum atomic E-state index is 0.547. The van der Waals surface area contributed by atoms with E-state index >= 15 is 0 Å². The average Bonchev–Trinajstić information content (AvgIpc) is 2.25. The molecule has 1 N–H and O–H groups in total. The van der Waals surface area contributed by atoms with Gasteiger partial charge in [0.1, 0.15) is 0 Å². The van der Waals surface area contributed by atoms with E-state index in [1.165, 1.54) is 10.0 Å². The smallest absolute Gasteiger partial charge is 0.0210 e. The summed E-state index contributed by atoms with van der Waals surface area (Å²) in [5.74, 6) is 0.547. The van der Waals surface area contributed by atoms with Gasteiger partial charge >= 0.3 is 0 Å². The lowest BCUT2D eigenvalue weighted by atomic mass is 9.92. The SMILES string of the molecule is CCNC(CC)C(C)c1ccccc1Br. The molecule has 2 heteroatoms. The van der Waals surface area contributed by atoms with E-state index in [1.54, 1.807) is 0 Å². The van der Waals surface area contributed by atoms with Crippen molar-refractivity contribution in [2.45, 2.75) is 39.2 Å². The number of halogens is 1. The van der Waals surface area contributed by atoms with Gasteiger partial charge in [-0.05, 0) is 30.5 Å². The molecule has 0 saturated heterocycles. The highest BCUT2D eigenvalue weighted by Gasteiger charge is 2.17. The molecule has 0 aromatic heterocycles. The summed E-state index contributed by atoms with van der Waals surface area (Å²) in [6.45, 7) is 7.72. The molecule has 0 saturated carbocycles. The summed E-state index contributed by atoms with van der Waals surface area (Å²) in [6, 6.07) is 9.05. The molecule has 0 aliphatic rings. The number of hydrogen-bond donors (Lipinski definition) is 1. The quantitative estimate of drug-likeness (QED) is 0.854. The molecule has 0 radical (unpaired) electrons.